The molecule has 7 heteroatoms. The largest absolute Gasteiger partial charge is 0.418 e. The molecule has 0 bridgehead atoms. The van der Waals surface area contributed by atoms with E-state index < -0.39 is 11.7 Å². The number of hydrogen-bond donors (Lipinski definition) is 1. The Labute approximate surface area is 129 Å². The van der Waals surface area contributed by atoms with Crippen LogP contribution in [0.2, 0.25) is 0 Å². The third-order valence-corrected chi connectivity index (χ3v) is 4.55. The zero-order valence-electron chi connectivity index (χ0n) is 9.39. The molecule has 0 unspecified atom stereocenters. The first-order chi connectivity index (χ1) is 8.86. The smallest absolute Gasteiger partial charge is 0.380 e. The number of hydrogen-bond acceptors (Lipinski definition) is 2. The maximum atomic E-state index is 12.9. The molecule has 0 amide bonds. The fourth-order valence-corrected chi connectivity index (χ4v) is 3.29. The van der Waals surface area contributed by atoms with E-state index in [-0.39, 0.29) is 5.69 Å². The van der Waals surface area contributed by atoms with Crippen LogP contribution in [0.25, 0.3) is 0 Å². The number of rotatable bonds is 3. The molecular weight excluding hydrogens is 407 g/mol. The van der Waals surface area contributed by atoms with Gasteiger partial charge in [0.25, 0.3) is 0 Å². The van der Waals surface area contributed by atoms with Gasteiger partial charge in [-0.2, -0.15) is 13.2 Å². The van der Waals surface area contributed by atoms with Crippen LogP contribution in [0, 0.1) is 0 Å². The van der Waals surface area contributed by atoms with Crippen LogP contribution < -0.4 is 5.32 Å². The van der Waals surface area contributed by atoms with E-state index in [0.717, 1.165) is 15.4 Å². The third-order valence-electron chi connectivity index (χ3n) is 2.36. The fourth-order valence-electron chi connectivity index (χ4n) is 1.53. The number of thiophene rings is 1. The summed E-state index contributed by atoms with van der Waals surface area (Å²) in [6, 6.07) is 5.97. The third kappa shape index (κ3) is 3.97. The van der Waals surface area contributed by atoms with Gasteiger partial charge in [0.1, 0.15) is 0 Å². The second-order valence-corrected chi connectivity index (χ2v) is 6.60. The van der Waals surface area contributed by atoms with E-state index in [9.17, 15) is 13.2 Å². The fraction of sp³-hybridized carbons (Fsp3) is 0.167. The van der Waals surface area contributed by atoms with Crippen molar-refractivity contribution in [2.75, 3.05) is 5.32 Å². The maximum Gasteiger partial charge on any atom is 0.418 e. The Kier molecular flexibility index (Phi) is 4.58. The van der Waals surface area contributed by atoms with Crippen molar-refractivity contribution in [3.8, 4) is 0 Å². The summed E-state index contributed by atoms with van der Waals surface area (Å²) < 4.78 is 40.0. The summed E-state index contributed by atoms with van der Waals surface area (Å²) in [6.45, 7) is 0.362. The van der Waals surface area contributed by atoms with E-state index in [4.69, 9.17) is 0 Å². The molecule has 0 aliphatic heterocycles. The van der Waals surface area contributed by atoms with E-state index in [1.807, 2.05) is 11.4 Å². The molecule has 0 saturated carbocycles. The maximum absolute atomic E-state index is 12.9. The van der Waals surface area contributed by atoms with Gasteiger partial charge < -0.3 is 5.32 Å². The second-order valence-electron chi connectivity index (χ2n) is 3.77. The van der Waals surface area contributed by atoms with Gasteiger partial charge >= 0.3 is 6.18 Å². The Morgan fingerprint density at radius 2 is 1.84 bits per heavy atom. The summed E-state index contributed by atoms with van der Waals surface area (Å²) in [5.74, 6) is 0. The van der Waals surface area contributed by atoms with Crippen molar-refractivity contribution in [2.24, 2.45) is 0 Å². The van der Waals surface area contributed by atoms with Crippen molar-refractivity contribution in [1.29, 1.82) is 0 Å². The van der Waals surface area contributed by atoms with Gasteiger partial charge in [0, 0.05) is 31.4 Å². The first-order valence-electron chi connectivity index (χ1n) is 5.20. The Morgan fingerprint density at radius 3 is 2.42 bits per heavy atom. The number of benzene rings is 1. The predicted molar refractivity (Wildman–Crippen MR) is 78.5 cm³/mol. The monoisotopic (exact) mass is 413 g/mol. The zero-order valence-corrected chi connectivity index (χ0v) is 13.4. The quantitative estimate of drug-likeness (QED) is 0.658. The van der Waals surface area contributed by atoms with Crippen molar-refractivity contribution in [2.45, 2.75) is 12.7 Å². The molecule has 1 heterocycles. The average Bonchev–Trinajstić information content (AvgIpc) is 2.72. The molecule has 0 atom stereocenters. The summed E-state index contributed by atoms with van der Waals surface area (Å²) in [5, 5.41) is 4.72. The average molecular weight is 415 g/mol. The van der Waals surface area contributed by atoms with Gasteiger partial charge in [-0.3, -0.25) is 0 Å². The number of halogens is 5. The van der Waals surface area contributed by atoms with Crippen molar-refractivity contribution >= 4 is 48.9 Å². The van der Waals surface area contributed by atoms with Crippen molar-refractivity contribution in [1.82, 2.24) is 0 Å². The molecule has 1 N–H and O–H groups in total. The van der Waals surface area contributed by atoms with Gasteiger partial charge in [0.15, 0.2) is 0 Å². The van der Waals surface area contributed by atoms with Crippen molar-refractivity contribution in [3.63, 3.8) is 0 Å². The number of nitrogens with one attached hydrogen (secondary N) is 1. The van der Waals surface area contributed by atoms with E-state index in [2.05, 4.69) is 37.2 Å². The molecule has 0 fully saturated rings. The second kappa shape index (κ2) is 5.85. The summed E-state index contributed by atoms with van der Waals surface area (Å²) in [4.78, 5) is 0.961. The van der Waals surface area contributed by atoms with Crippen LogP contribution in [0.15, 0.2) is 38.6 Å². The zero-order chi connectivity index (χ0) is 14.0. The minimum absolute atomic E-state index is 0.0835. The number of anilines is 1. The highest BCUT2D eigenvalue weighted by Gasteiger charge is 2.33. The van der Waals surface area contributed by atoms with Crippen LogP contribution in [-0.2, 0) is 12.7 Å². The van der Waals surface area contributed by atoms with Gasteiger partial charge in [0.2, 0.25) is 0 Å². The van der Waals surface area contributed by atoms with Crippen LogP contribution in [0.1, 0.15) is 10.4 Å². The molecule has 2 rings (SSSR count). The molecule has 1 aromatic carbocycles. The minimum Gasteiger partial charge on any atom is -0.380 e. The SMILES string of the molecule is FC(F)(F)c1cc(Br)ccc1NCc1cc(Br)cs1. The molecule has 0 spiro atoms. The highest BCUT2D eigenvalue weighted by Crippen LogP contribution is 2.36. The minimum atomic E-state index is -4.37. The Morgan fingerprint density at radius 1 is 1.11 bits per heavy atom. The van der Waals surface area contributed by atoms with Crippen LogP contribution in [0.4, 0.5) is 18.9 Å². The topological polar surface area (TPSA) is 12.0 Å². The molecule has 1 aromatic heterocycles. The summed E-state index contributed by atoms with van der Waals surface area (Å²) in [7, 11) is 0. The van der Waals surface area contributed by atoms with Gasteiger partial charge in [-0.25, -0.2) is 0 Å². The lowest BCUT2D eigenvalue weighted by atomic mass is 10.1. The first-order valence-corrected chi connectivity index (χ1v) is 7.66. The van der Waals surface area contributed by atoms with Gasteiger partial charge in [-0.15, -0.1) is 11.3 Å². The molecular formula is C12H8Br2F3NS. The molecule has 102 valence electrons. The predicted octanol–water partition coefficient (Wildman–Crippen LogP) is 5.90. The molecule has 2 aromatic rings. The standard InChI is InChI=1S/C12H8Br2F3NS/c13-7-1-2-11(10(4-7)12(15,16)17)18-5-9-3-8(14)6-19-9/h1-4,6,18H,5H2. The molecule has 1 nitrogen and oxygen atoms in total. The normalized spacial score (nSPS) is 11.6. The van der Waals surface area contributed by atoms with E-state index in [1.165, 1.54) is 17.4 Å². The van der Waals surface area contributed by atoms with E-state index in [1.54, 1.807) is 6.07 Å². The lowest BCUT2D eigenvalue weighted by Crippen LogP contribution is -2.10. The summed E-state index contributed by atoms with van der Waals surface area (Å²) in [5.41, 5.74) is -0.585. The van der Waals surface area contributed by atoms with E-state index >= 15 is 0 Å². The van der Waals surface area contributed by atoms with Gasteiger partial charge in [-0.1, -0.05) is 15.9 Å². The van der Waals surface area contributed by atoms with Crippen LogP contribution in [-0.4, -0.2) is 0 Å². The van der Waals surface area contributed by atoms with Crippen LogP contribution in [0.3, 0.4) is 0 Å². The number of alkyl halides is 3. The van der Waals surface area contributed by atoms with Crippen LogP contribution in [0.5, 0.6) is 0 Å². The molecule has 0 aliphatic rings. The lowest BCUT2D eigenvalue weighted by molar-refractivity contribution is -0.137. The first kappa shape index (κ1) is 14.9. The van der Waals surface area contributed by atoms with Crippen molar-refractivity contribution < 1.29 is 13.2 Å². The Bertz CT molecular complexity index is 581. The van der Waals surface area contributed by atoms with E-state index in [0.29, 0.717) is 11.0 Å². The molecule has 19 heavy (non-hydrogen) atoms. The Hall–Kier alpha value is -0.530. The summed E-state index contributed by atoms with van der Waals surface area (Å²) >= 11 is 7.85. The lowest BCUT2D eigenvalue weighted by Gasteiger charge is -2.14. The molecule has 0 saturated heterocycles. The van der Waals surface area contributed by atoms with Crippen LogP contribution >= 0.6 is 43.2 Å². The summed E-state index contributed by atoms with van der Waals surface area (Å²) in [6.07, 6.45) is -4.37. The molecule has 0 radical (unpaired) electrons. The van der Waals surface area contributed by atoms with Gasteiger partial charge in [0.05, 0.1) is 5.56 Å². The Balaban J connectivity index is 2.20. The highest BCUT2D eigenvalue weighted by atomic mass is 79.9. The molecule has 0 aliphatic carbocycles. The van der Waals surface area contributed by atoms with Gasteiger partial charge in [-0.05, 0) is 40.2 Å². The highest BCUT2D eigenvalue weighted by molar-refractivity contribution is 9.10. The van der Waals surface area contributed by atoms with Crippen molar-refractivity contribution in [3.05, 3.63) is 49.0 Å².